The van der Waals surface area contributed by atoms with Gasteiger partial charge in [0.1, 0.15) is 6.61 Å². The zero-order valence-corrected chi connectivity index (χ0v) is 25.6. The number of halogens is 5. The van der Waals surface area contributed by atoms with Crippen LogP contribution in [0.15, 0.2) is 62.4 Å². The van der Waals surface area contributed by atoms with Gasteiger partial charge >= 0.3 is 0 Å². The fraction of sp³-hybridized carbons (Fsp3) is 0.120. The normalized spacial score (nSPS) is 14.6. The van der Waals surface area contributed by atoms with E-state index in [9.17, 15) is 4.79 Å². The Hall–Kier alpha value is -1.26. The molecule has 3 aromatic rings. The Labute approximate surface area is 250 Å². The standard InChI is InChI=1S/C25H16Br2Cl3NO3S2/c1-2-33-21-9-14(7-17(27)23(21)34-12-13-3-6-18(28)20(30)8-13)10-22-24(32)31(25(35)36-22)15-4-5-16(26)19(29)11-15/h3-11H,2,12H2,1H3/b22-10+. The number of anilines is 1. The highest BCUT2D eigenvalue weighted by Gasteiger charge is 2.33. The minimum absolute atomic E-state index is 0.225. The van der Waals surface area contributed by atoms with Gasteiger partial charge in [0.25, 0.3) is 5.91 Å². The molecule has 11 heteroatoms. The summed E-state index contributed by atoms with van der Waals surface area (Å²) >= 11 is 32.0. The van der Waals surface area contributed by atoms with E-state index in [4.69, 9.17) is 56.5 Å². The van der Waals surface area contributed by atoms with Gasteiger partial charge in [-0.3, -0.25) is 9.69 Å². The summed E-state index contributed by atoms with van der Waals surface area (Å²) in [6, 6.07) is 14.3. The monoisotopic (exact) mass is 705 g/mol. The molecule has 0 unspecified atom stereocenters. The number of thiocarbonyl (C=S) groups is 1. The van der Waals surface area contributed by atoms with Gasteiger partial charge < -0.3 is 9.47 Å². The topological polar surface area (TPSA) is 38.8 Å². The number of rotatable bonds is 7. The number of carbonyl (C=O) groups is 1. The number of thioether (sulfide) groups is 1. The minimum Gasteiger partial charge on any atom is -0.490 e. The summed E-state index contributed by atoms with van der Waals surface area (Å²) in [7, 11) is 0. The molecule has 0 N–H and O–H groups in total. The lowest BCUT2D eigenvalue weighted by molar-refractivity contribution is -0.113. The van der Waals surface area contributed by atoms with Crippen molar-refractivity contribution in [3.63, 3.8) is 0 Å². The molecule has 1 aliphatic rings. The molecule has 186 valence electrons. The van der Waals surface area contributed by atoms with Gasteiger partial charge in [-0.05, 0) is 98.5 Å². The fourth-order valence-electron chi connectivity index (χ4n) is 3.33. The highest BCUT2D eigenvalue weighted by atomic mass is 79.9. The SMILES string of the molecule is CCOc1cc(/C=C2/SC(=S)N(c3ccc(Br)c(Cl)c3)C2=O)cc(Br)c1OCc1ccc(Cl)c(Cl)c1. The van der Waals surface area contributed by atoms with Gasteiger partial charge in [-0.15, -0.1) is 0 Å². The second-order valence-corrected chi connectivity index (χ2v) is 12.0. The molecule has 0 aliphatic carbocycles. The van der Waals surface area contributed by atoms with Crippen LogP contribution in [0.5, 0.6) is 11.5 Å². The van der Waals surface area contributed by atoms with E-state index in [1.165, 1.54) is 16.7 Å². The molecule has 1 amide bonds. The summed E-state index contributed by atoms with van der Waals surface area (Å²) in [5, 5.41) is 1.43. The maximum Gasteiger partial charge on any atom is 0.270 e. The molecular formula is C25H16Br2Cl3NO3S2. The van der Waals surface area contributed by atoms with Gasteiger partial charge in [0, 0.05) is 4.47 Å². The number of hydrogen-bond acceptors (Lipinski definition) is 5. The van der Waals surface area contributed by atoms with Crippen LogP contribution in [0, 0.1) is 0 Å². The van der Waals surface area contributed by atoms with Crippen LogP contribution in [0.1, 0.15) is 18.1 Å². The quantitative estimate of drug-likeness (QED) is 0.181. The first-order valence-electron chi connectivity index (χ1n) is 10.4. The van der Waals surface area contributed by atoms with Crippen LogP contribution in [0.2, 0.25) is 15.1 Å². The maximum absolute atomic E-state index is 13.2. The third-order valence-electron chi connectivity index (χ3n) is 4.95. The number of nitrogens with zero attached hydrogens (tertiary/aromatic N) is 1. The Balaban J connectivity index is 1.60. The third-order valence-corrected chi connectivity index (χ3v) is 8.81. The van der Waals surface area contributed by atoms with Crippen LogP contribution in [-0.2, 0) is 11.4 Å². The van der Waals surface area contributed by atoms with Gasteiger partial charge in [0.2, 0.25) is 0 Å². The molecule has 3 aromatic carbocycles. The van der Waals surface area contributed by atoms with Crippen molar-refractivity contribution in [1.29, 1.82) is 0 Å². The number of benzene rings is 3. The van der Waals surface area contributed by atoms with E-state index in [1.807, 2.05) is 25.1 Å². The zero-order valence-electron chi connectivity index (χ0n) is 18.5. The van der Waals surface area contributed by atoms with E-state index in [0.29, 0.717) is 52.6 Å². The van der Waals surface area contributed by atoms with E-state index in [-0.39, 0.29) is 12.5 Å². The van der Waals surface area contributed by atoms with Crippen LogP contribution in [0.3, 0.4) is 0 Å². The Morgan fingerprint density at radius 1 is 0.972 bits per heavy atom. The summed E-state index contributed by atoms with van der Waals surface area (Å²) in [5.74, 6) is 0.850. The molecule has 0 aromatic heterocycles. The van der Waals surface area contributed by atoms with Crippen molar-refractivity contribution in [2.24, 2.45) is 0 Å². The van der Waals surface area contributed by atoms with E-state index >= 15 is 0 Å². The lowest BCUT2D eigenvalue weighted by Crippen LogP contribution is -2.27. The maximum atomic E-state index is 13.2. The van der Waals surface area contributed by atoms with Crippen molar-refractivity contribution in [2.75, 3.05) is 11.5 Å². The van der Waals surface area contributed by atoms with Crippen LogP contribution < -0.4 is 14.4 Å². The molecule has 0 spiro atoms. The lowest BCUT2D eigenvalue weighted by Gasteiger charge is -2.15. The van der Waals surface area contributed by atoms with Gasteiger partial charge in [-0.1, -0.05) is 64.8 Å². The van der Waals surface area contributed by atoms with E-state index < -0.39 is 0 Å². The Kier molecular flexibility index (Phi) is 9.31. The first-order chi connectivity index (χ1) is 17.2. The number of ether oxygens (including phenoxy) is 2. The smallest absolute Gasteiger partial charge is 0.270 e. The van der Waals surface area contributed by atoms with Gasteiger partial charge in [-0.2, -0.15) is 0 Å². The van der Waals surface area contributed by atoms with Crippen molar-refractivity contribution < 1.29 is 14.3 Å². The van der Waals surface area contributed by atoms with Crippen molar-refractivity contribution in [3.8, 4) is 11.5 Å². The first-order valence-corrected chi connectivity index (χ1v) is 14.4. The summed E-state index contributed by atoms with van der Waals surface area (Å²) < 4.78 is 13.7. The Morgan fingerprint density at radius 2 is 1.75 bits per heavy atom. The van der Waals surface area contributed by atoms with Crippen molar-refractivity contribution in [3.05, 3.63) is 88.6 Å². The van der Waals surface area contributed by atoms with Crippen LogP contribution >= 0.6 is 90.6 Å². The van der Waals surface area contributed by atoms with Crippen molar-refractivity contribution in [2.45, 2.75) is 13.5 Å². The highest BCUT2D eigenvalue weighted by Crippen LogP contribution is 2.41. The predicted octanol–water partition coefficient (Wildman–Crippen LogP) is 9.56. The average Bonchev–Trinajstić information content (AvgIpc) is 3.10. The van der Waals surface area contributed by atoms with Gasteiger partial charge in [0.05, 0.1) is 36.7 Å². The summed E-state index contributed by atoms with van der Waals surface area (Å²) in [6.45, 7) is 2.59. The molecule has 0 bridgehead atoms. The lowest BCUT2D eigenvalue weighted by atomic mass is 10.1. The largest absolute Gasteiger partial charge is 0.490 e. The molecule has 36 heavy (non-hydrogen) atoms. The first kappa shape index (κ1) is 27.8. The predicted molar refractivity (Wildman–Crippen MR) is 161 cm³/mol. The summed E-state index contributed by atoms with van der Waals surface area (Å²) in [6.07, 6.45) is 1.77. The van der Waals surface area contributed by atoms with Gasteiger partial charge in [0.15, 0.2) is 15.8 Å². The molecule has 4 rings (SSSR count). The fourth-order valence-corrected chi connectivity index (χ4v) is 5.94. The Morgan fingerprint density at radius 3 is 2.44 bits per heavy atom. The number of amides is 1. The molecule has 4 nitrogen and oxygen atoms in total. The van der Waals surface area contributed by atoms with Crippen LogP contribution in [0.25, 0.3) is 6.08 Å². The van der Waals surface area contributed by atoms with Crippen molar-refractivity contribution in [1.82, 2.24) is 0 Å². The third kappa shape index (κ3) is 6.23. The second-order valence-electron chi connectivity index (χ2n) is 7.42. The second kappa shape index (κ2) is 12.1. The zero-order chi connectivity index (χ0) is 26.0. The average molecular weight is 709 g/mol. The molecule has 0 saturated carbocycles. The molecule has 0 atom stereocenters. The Bertz CT molecular complexity index is 1400. The van der Waals surface area contributed by atoms with Gasteiger partial charge in [-0.25, -0.2) is 0 Å². The molecular weight excluding hydrogens is 693 g/mol. The summed E-state index contributed by atoms with van der Waals surface area (Å²) in [5.41, 5.74) is 2.22. The van der Waals surface area contributed by atoms with E-state index in [2.05, 4.69) is 31.9 Å². The minimum atomic E-state index is -0.225. The molecule has 1 heterocycles. The van der Waals surface area contributed by atoms with Crippen LogP contribution in [0.4, 0.5) is 5.69 Å². The number of carbonyl (C=O) groups excluding carboxylic acids is 1. The molecule has 0 radical (unpaired) electrons. The highest BCUT2D eigenvalue weighted by molar-refractivity contribution is 9.10. The number of hydrogen-bond donors (Lipinski definition) is 0. The van der Waals surface area contributed by atoms with E-state index in [1.54, 1.807) is 36.4 Å². The van der Waals surface area contributed by atoms with Crippen LogP contribution in [-0.4, -0.2) is 16.8 Å². The van der Waals surface area contributed by atoms with Crippen molar-refractivity contribution >= 4 is 113 Å². The van der Waals surface area contributed by atoms with E-state index in [0.717, 1.165) is 15.6 Å². The molecule has 1 aliphatic heterocycles. The molecule has 1 fully saturated rings. The molecule has 1 saturated heterocycles. The summed E-state index contributed by atoms with van der Waals surface area (Å²) in [4.78, 5) is 15.2.